The third-order valence-corrected chi connectivity index (χ3v) is 2.76. The number of carboxylic acid groups (broad SMARTS) is 1. The summed E-state index contributed by atoms with van der Waals surface area (Å²) in [4.78, 5) is 10.7. The van der Waals surface area contributed by atoms with Crippen molar-refractivity contribution < 1.29 is 9.90 Å². The summed E-state index contributed by atoms with van der Waals surface area (Å²) in [6.07, 6.45) is 0.685. The van der Waals surface area contributed by atoms with Gasteiger partial charge in [0, 0.05) is 5.69 Å². The zero-order valence-electron chi connectivity index (χ0n) is 8.53. The first-order valence-electron chi connectivity index (χ1n) is 4.92. The van der Waals surface area contributed by atoms with E-state index in [1.807, 2.05) is 19.1 Å². The molecule has 4 heteroatoms. The van der Waals surface area contributed by atoms with Gasteiger partial charge in [-0.2, -0.15) is 0 Å². The molecule has 0 amide bonds. The lowest BCUT2D eigenvalue weighted by Gasteiger charge is -2.15. The van der Waals surface area contributed by atoms with Gasteiger partial charge in [0.05, 0.1) is 6.04 Å². The molecule has 80 valence electrons. The molecule has 0 spiro atoms. The molecule has 1 aliphatic rings. The summed E-state index contributed by atoms with van der Waals surface area (Å²) in [5, 5.41) is 11.9. The van der Waals surface area contributed by atoms with Gasteiger partial charge in [0.1, 0.15) is 6.04 Å². The SMILES string of the molecule is Cc1ccc2c(c1)CC(C(N)C(=O)O)N2. The Morgan fingerprint density at radius 2 is 2.40 bits per heavy atom. The maximum absolute atomic E-state index is 10.7. The Labute approximate surface area is 88.1 Å². The van der Waals surface area contributed by atoms with Gasteiger partial charge in [-0.25, -0.2) is 0 Å². The highest BCUT2D eigenvalue weighted by Crippen LogP contribution is 2.27. The van der Waals surface area contributed by atoms with Crippen LogP contribution in [-0.4, -0.2) is 23.2 Å². The molecular weight excluding hydrogens is 192 g/mol. The van der Waals surface area contributed by atoms with Crippen LogP contribution in [0.1, 0.15) is 11.1 Å². The van der Waals surface area contributed by atoms with Crippen molar-refractivity contribution in [2.75, 3.05) is 5.32 Å². The average Bonchev–Trinajstić information content (AvgIpc) is 2.58. The number of nitrogens with two attached hydrogens (primary N) is 1. The fourth-order valence-corrected chi connectivity index (χ4v) is 1.91. The maximum Gasteiger partial charge on any atom is 0.322 e. The summed E-state index contributed by atoms with van der Waals surface area (Å²) in [6, 6.07) is 4.99. The summed E-state index contributed by atoms with van der Waals surface area (Å²) in [5.74, 6) is -0.961. The molecule has 0 fully saturated rings. The molecule has 0 saturated heterocycles. The number of carbonyl (C=O) groups is 1. The number of benzene rings is 1. The Hall–Kier alpha value is -1.55. The molecule has 1 heterocycles. The molecule has 4 nitrogen and oxygen atoms in total. The number of aliphatic carboxylic acids is 1. The van der Waals surface area contributed by atoms with E-state index in [2.05, 4.69) is 11.4 Å². The molecule has 0 saturated carbocycles. The third kappa shape index (κ3) is 1.80. The molecule has 1 aliphatic heterocycles. The molecule has 0 aromatic heterocycles. The van der Waals surface area contributed by atoms with Gasteiger partial charge in [0.25, 0.3) is 0 Å². The highest BCUT2D eigenvalue weighted by atomic mass is 16.4. The number of rotatable bonds is 2. The Bertz CT molecular complexity index is 404. The van der Waals surface area contributed by atoms with Crippen LogP contribution in [0.25, 0.3) is 0 Å². The van der Waals surface area contributed by atoms with Crippen LogP contribution in [0.5, 0.6) is 0 Å². The van der Waals surface area contributed by atoms with Gasteiger partial charge in [-0.3, -0.25) is 4.79 Å². The lowest BCUT2D eigenvalue weighted by Crippen LogP contribution is -2.45. The number of carboxylic acids is 1. The van der Waals surface area contributed by atoms with E-state index < -0.39 is 12.0 Å². The van der Waals surface area contributed by atoms with Gasteiger partial charge >= 0.3 is 5.97 Å². The minimum atomic E-state index is -0.961. The highest BCUT2D eigenvalue weighted by Gasteiger charge is 2.29. The van der Waals surface area contributed by atoms with Crippen molar-refractivity contribution in [2.24, 2.45) is 5.73 Å². The van der Waals surface area contributed by atoms with E-state index in [1.165, 1.54) is 5.56 Å². The fourth-order valence-electron chi connectivity index (χ4n) is 1.91. The first kappa shape index (κ1) is 9.98. The average molecular weight is 206 g/mol. The standard InChI is InChI=1S/C11H14N2O2/c1-6-2-3-8-7(4-6)5-9(13-8)10(12)11(14)15/h2-4,9-10,13H,5,12H2,1H3,(H,14,15). The molecule has 2 unspecified atom stereocenters. The fraction of sp³-hybridized carbons (Fsp3) is 0.364. The lowest BCUT2D eigenvalue weighted by atomic mass is 10.0. The number of anilines is 1. The highest BCUT2D eigenvalue weighted by molar-refractivity contribution is 5.76. The van der Waals surface area contributed by atoms with Gasteiger partial charge < -0.3 is 16.2 Å². The van der Waals surface area contributed by atoms with Crippen molar-refractivity contribution in [1.82, 2.24) is 0 Å². The smallest absolute Gasteiger partial charge is 0.322 e. The van der Waals surface area contributed by atoms with Crippen molar-refractivity contribution in [2.45, 2.75) is 25.4 Å². The van der Waals surface area contributed by atoms with Crippen LogP contribution in [0.15, 0.2) is 18.2 Å². The topological polar surface area (TPSA) is 75.4 Å². The molecule has 1 aromatic rings. The van der Waals surface area contributed by atoms with E-state index >= 15 is 0 Å². The van der Waals surface area contributed by atoms with Crippen molar-refractivity contribution in [3.63, 3.8) is 0 Å². The normalized spacial score (nSPS) is 20.5. The van der Waals surface area contributed by atoms with Crippen LogP contribution in [0.3, 0.4) is 0 Å². The van der Waals surface area contributed by atoms with E-state index in [0.717, 1.165) is 11.3 Å². The second kappa shape index (κ2) is 3.55. The Morgan fingerprint density at radius 3 is 3.07 bits per heavy atom. The number of fused-ring (bicyclic) bond motifs is 1. The summed E-state index contributed by atoms with van der Waals surface area (Å²) in [7, 11) is 0. The van der Waals surface area contributed by atoms with E-state index in [-0.39, 0.29) is 6.04 Å². The van der Waals surface area contributed by atoms with Gasteiger partial charge in [-0.15, -0.1) is 0 Å². The van der Waals surface area contributed by atoms with E-state index in [1.54, 1.807) is 0 Å². The van der Waals surface area contributed by atoms with Crippen LogP contribution in [-0.2, 0) is 11.2 Å². The summed E-state index contributed by atoms with van der Waals surface area (Å²) in [6.45, 7) is 2.02. The zero-order valence-corrected chi connectivity index (χ0v) is 8.53. The van der Waals surface area contributed by atoms with Crippen molar-refractivity contribution in [3.05, 3.63) is 29.3 Å². The Morgan fingerprint density at radius 1 is 1.67 bits per heavy atom. The summed E-state index contributed by atoms with van der Waals surface area (Å²) >= 11 is 0. The van der Waals surface area contributed by atoms with E-state index in [4.69, 9.17) is 10.8 Å². The molecule has 2 atom stereocenters. The van der Waals surface area contributed by atoms with Gasteiger partial charge in [-0.05, 0) is 25.0 Å². The largest absolute Gasteiger partial charge is 0.480 e. The third-order valence-electron chi connectivity index (χ3n) is 2.76. The van der Waals surface area contributed by atoms with Crippen molar-refractivity contribution >= 4 is 11.7 Å². The Balaban J connectivity index is 2.19. The summed E-state index contributed by atoms with van der Waals surface area (Å²) < 4.78 is 0. The lowest BCUT2D eigenvalue weighted by molar-refractivity contribution is -0.138. The van der Waals surface area contributed by atoms with Crippen LogP contribution in [0.2, 0.25) is 0 Å². The molecule has 2 rings (SSSR count). The minimum absolute atomic E-state index is 0.195. The maximum atomic E-state index is 10.7. The van der Waals surface area contributed by atoms with Crippen molar-refractivity contribution in [1.29, 1.82) is 0 Å². The number of nitrogens with one attached hydrogen (secondary N) is 1. The molecule has 0 aliphatic carbocycles. The number of hydrogen-bond donors (Lipinski definition) is 3. The molecule has 15 heavy (non-hydrogen) atoms. The second-order valence-electron chi connectivity index (χ2n) is 3.98. The molecular formula is C11H14N2O2. The van der Waals surface area contributed by atoms with Gasteiger partial charge in [-0.1, -0.05) is 17.7 Å². The van der Waals surface area contributed by atoms with E-state index in [0.29, 0.717) is 6.42 Å². The first-order chi connectivity index (χ1) is 7.08. The molecule has 1 aromatic carbocycles. The predicted molar refractivity (Wildman–Crippen MR) is 57.9 cm³/mol. The van der Waals surface area contributed by atoms with Gasteiger partial charge in [0.15, 0.2) is 0 Å². The first-order valence-corrected chi connectivity index (χ1v) is 4.92. The quantitative estimate of drug-likeness (QED) is 0.667. The minimum Gasteiger partial charge on any atom is -0.480 e. The van der Waals surface area contributed by atoms with Crippen LogP contribution in [0.4, 0.5) is 5.69 Å². The van der Waals surface area contributed by atoms with Crippen LogP contribution < -0.4 is 11.1 Å². The number of hydrogen-bond acceptors (Lipinski definition) is 3. The number of aryl methyl sites for hydroxylation is 1. The van der Waals surface area contributed by atoms with Crippen LogP contribution in [0, 0.1) is 6.92 Å². The molecule has 4 N–H and O–H groups in total. The Kier molecular flexibility index (Phi) is 2.36. The van der Waals surface area contributed by atoms with Gasteiger partial charge in [0.2, 0.25) is 0 Å². The van der Waals surface area contributed by atoms with E-state index in [9.17, 15) is 4.79 Å². The van der Waals surface area contributed by atoms with Crippen molar-refractivity contribution in [3.8, 4) is 0 Å². The summed E-state index contributed by atoms with van der Waals surface area (Å²) in [5.41, 5.74) is 8.91. The molecule has 0 radical (unpaired) electrons. The monoisotopic (exact) mass is 206 g/mol. The molecule has 0 bridgehead atoms. The zero-order chi connectivity index (χ0) is 11.0. The second-order valence-corrected chi connectivity index (χ2v) is 3.98. The van der Waals surface area contributed by atoms with Crippen LogP contribution >= 0.6 is 0 Å². The predicted octanol–water partition coefficient (Wildman–Crippen LogP) is 0.744.